The zero-order valence-corrected chi connectivity index (χ0v) is 8.55. The first-order chi connectivity index (χ1) is 5.41. The second kappa shape index (κ2) is 3.17. The van der Waals surface area contributed by atoms with Crippen LogP contribution < -0.4 is 0 Å². The molecule has 1 rings (SSSR count). The van der Waals surface area contributed by atoms with Crippen LogP contribution in [-0.2, 0) is 4.79 Å². The van der Waals surface area contributed by atoms with Crippen LogP contribution in [0, 0.1) is 5.92 Å². The van der Waals surface area contributed by atoms with Gasteiger partial charge in [0.1, 0.15) is 5.78 Å². The fraction of sp³-hybridized carbons (Fsp3) is 0.900. The standard InChI is InChI=1S/C10H19NO/c1-8-7-11(10(2,3)4)6-5-9(8)12/h8H,5-7H2,1-4H3/t8-/m0/s1. The molecule has 0 saturated carbocycles. The van der Waals surface area contributed by atoms with Crippen molar-refractivity contribution in [3.63, 3.8) is 0 Å². The third-order valence-corrected chi connectivity index (χ3v) is 2.62. The van der Waals surface area contributed by atoms with Crippen LogP contribution in [-0.4, -0.2) is 29.3 Å². The molecule has 0 unspecified atom stereocenters. The van der Waals surface area contributed by atoms with E-state index in [-0.39, 0.29) is 11.5 Å². The molecule has 2 nitrogen and oxygen atoms in total. The van der Waals surface area contributed by atoms with Gasteiger partial charge in [-0.05, 0) is 20.8 Å². The lowest BCUT2D eigenvalue weighted by Gasteiger charge is -2.40. The highest BCUT2D eigenvalue weighted by Gasteiger charge is 2.29. The summed E-state index contributed by atoms with van der Waals surface area (Å²) in [6.45, 7) is 10.5. The molecule has 1 heterocycles. The number of ketones is 1. The molecule has 0 aromatic heterocycles. The topological polar surface area (TPSA) is 20.3 Å². The van der Waals surface area contributed by atoms with Crippen molar-refractivity contribution in [3.8, 4) is 0 Å². The van der Waals surface area contributed by atoms with Gasteiger partial charge in [-0.15, -0.1) is 0 Å². The minimum atomic E-state index is 0.217. The van der Waals surface area contributed by atoms with Crippen molar-refractivity contribution < 1.29 is 4.79 Å². The van der Waals surface area contributed by atoms with Crippen LogP contribution in [0.1, 0.15) is 34.1 Å². The van der Waals surface area contributed by atoms with Crippen LogP contribution in [0.2, 0.25) is 0 Å². The number of rotatable bonds is 0. The summed E-state index contributed by atoms with van der Waals surface area (Å²) >= 11 is 0. The molecule has 0 bridgehead atoms. The summed E-state index contributed by atoms with van der Waals surface area (Å²) in [5, 5.41) is 0. The third kappa shape index (κ3) is 2.07. The van der Waals surface area contributed by atoms with Gasteiger partial charge in [-0.2, -0.15) is 0 Å². The average Bonchev–Trinajstić information content (AvgIpc) is 1.92. The molecule has 1 aliphatic heterocycles. The zero-order chi connectivity index (χ0) is 9.35. The number of hydrogen-bond donors (Lipinski definition) is 0. The highest BCUT2D eigenvalue weighted by Crippen LogP contribution is 2.20. The van der Waals surface area contributed by atoms with E-state index in [4.69, 9.17) is 0 Å². The van der Waals surface area contributed by atoms with Gasteiger partial charge in [0.2, 0.25) is 0 Å². The van der Waals surface area contributed by atoms with Crippen LogP contribution in [0.15, 0.2) is 0 Å². The highest BCUT2D eigenvalue weighted by atomic mass is 16.1. The summed E-state index contributed by atoms with van der Waals surface area (Å²) in [5.41, 5.74) is 0.217. The molecule has 1 atom stereocenters. The monoisotopic (exact) mass is 169 g/mol. The van der Waals surface area contributed by atoms with Gasteiger partial charge in [-0.1, -0.05) is 6.92 Å². The van der Waals surface area contributed by atoms with Gasteiger partial charge in [0.05, 0.1) is 0 Å². The maximum Gasteiger partial charge on any atom is 0.138 e. The number of likely N-dealkylation sites (tertiary alicyclic amines) is 1. The summed E-state index contributed by atoms with van der Waals surface area (Å²) in [4.78, 5) is 13.6. The Kier molecular flexibility index (Phi) is 2.57. The largest absolute Gasteiger partial charge is 0.299 e. The molecule has 1 aliphatic rings. The molecule has 0 aromatic carbocycles. The molecule has 0 N–H and O–H groups in total. The van der Waals surface area contributed by atoms with Crippen molar-refractivity contribution in [3.05, 3.63) is 0 Å². The van der Waals surface area contributed by atoms with Crippen molar-refractivity contribution in [2.75, 3.05) is 13.1 Å². The Morgan fingerprint density at radius 1 is 1.42 bits per heavy atom. The van der Waals surface area contributed by atoms with E-state index < -0.39 is 0 Å². The van der Waals surface area contributed by atoms with E-state index in [0.29, 0.717) is 5.78 Å². The van der Waals surface area contributed by atoms with E-state index in [2.05, 4.69) is 25.7 Å². The van der Waals surface area contributed by atoms with Crippen LogP contribution in [0.5, 0.6) is 0 Å². The molecule has 1 fully saturated rings. The summed E-state index contributed by atoms with van der Waals surface area (Å²) in [6, 6.07) is 0. The van der Waals surface area contributed by atoms with E-state index in [9.17, 15) is 4.79 Å². The van der Waals surface area contributed by atoms with Gasteiger partial charge >= 0.3 is 0 Å². The van der Waals surface area contributed by atoms with Gasteiger partial charge in [-0.25, -0.2) is 0 Å². The number of Topliss-reactive ketones (excluding diaryl/α,β-unsaturated/α-hetero) is 1. The van der Waals surface area contributed by atoms with Crippen molar-refractivity contribution in [2.45, 2.75) is 39.7 Å². The Morgan fingerprint density at radius 3 is 2.42 bits per heavy atom. The van der Waals surface area contributed by atoms with Crippen molar-refractivity contribution in [1.82, 2.24) is 4.90 Å². The van der Waals surface area contributed by atoms with Crippen molar-refractivity contribution in [1.29, 1.82) is 0 Å². The molecule has 12 heavy (non-hydrogen) atoms. The predicted octanol–water partition coefficient (Wildman–Crippen LogP) is 1.70. The Labute approximate surface area is 74.9 Å². The lowest BCUT2D eigenvalue weighted by Crippen LogP contribution is -2.49. The maximum atomic E-state index is 11.2. The molecule has 0 aromatic rings. The van der Waals surface area contributed by atoms with E-state index in [1.165, 1.54) is 0 Å². The average molecular weight is 169 g/mol. The third-order valence-electron chi connectivity index (χ3n) is 2.62. The summed E-state index contributed by atoms with van der Waals surface area (Å²) in [5.74, 6) is 0.661. The van der Waals surface area contributed by atoms with Crippen LogP contribution >= 0.6 is 0 Å². The van der Waals surface area contributed by atoms with E-state index in [0.717, 1.165) is 19.5 Å². The maximum absolute atomic E-state index is 11.2. The Bertz CT molecular complexity index is 181. The number of piperidine rings is 1. The predicted molar refractivity (Wildman–Crippen MR) is 50.1 cm³/mol. The quantitative estimate of drug-likeness (QED) is 0.550. The number of nitrogens with zero attached hydrogens (tertiary/aromatic N) is 1. The van der Waals surface area contributed by atoms with Gasteiger partial charge in [-0.3, -0.25) is 9.69 Å². The molecule has 1 saturated heterocycles. The first kappa shape index (κ1) is 9.72. The Balaban J connectivity index is 2.57. The molecule has 70 valence electrons. The summed E-state index contributed by atoms with van der Waals surface area (Å²) in [7, 11) is 0. The summed E-state index contributed by atoms with van der Waals surface area (Å²) < 4.78 is 0. The van der Waals surface area contributed by atoms with Crippen LogP contribution in [0.25, 0.3) is 0 Å². The Hall–Kier alpha value is -0.370. The lowest BCUT2D eigenvalue weighted by molar-refractivity contribution is -0.126. The molecule has 0 aliphatic carbocycles. The number of carbonyl (C=O) groups is 1. The fourth-order valence-electron chi connectivity index (χ4n) is 1.62. The smallest absolute Gasteiger partial charge is 0.138 e. The normalized spacial score (nSPS) is 27.7. The molecular formula is C10H19NO. The van der Waals surface area contributed by atoms with Crippen LogP contribution in [0.4, 0.5) is 0 Å². The number of hydrogen-bond acceptors (Lipinski definition) is 2. The first-order valence-corrected chi connectivity index (χ1v) is 4.69. The van der Waals surface area contributed by atoms with Gasteiger partial charge in [0.25, 0.3) is 0 Å². The molecular weight excluding hydrogens is 150 g/mol. The van der Waals surface area contributed by atoms with Crippen molar-refractivity contribution >= 4 is 5.78 Å². The van der Waals surface area contributed by atoms with Gasteiger partial charge < -0.3 is 0 Å². The van der Waals surface area contributed by atoms with Gasteiger partial charge in [0.15, 0.2) is 0 Å². The fourth-order valence-corrected chi connectivity index (χ4v) is 1.62. The van der Waals surface area contributed by atoms with E-state index in [1.54, 1.807) is 0 Å². The highest BCUT2D eigenvalue weighted by molar-refractivity contribution is 5.81. The van der Waals surface area contributed by atoms with Crippen molar-refractivity contribution in [2.24, 2.45) is 5.92 Å². The molecule has 0 spiro atoms. The minimum Gasteiger partial charge on any atom is -0.299 e. The first-order valence-electron chi connectivity index (χ1n) is 4.69. The molecule has 2 heteroatoms. The Morgan fingerprint density at radius 2 is 2.00 bits per heavy atom. The molecule has 0 radical (unpaired) electrons. The summed E-state index contributed by atoms with van der Waals surface area (Å²) in [6.07, 6.45) is 0.735. The van der Waals surface area contributed by atoms with Crippen LogP contribution in [0.3, 0.4) is 0 Å². The zero-order valence-electron chi connectivity index (χ0n) is 8.55. The molecule has 0 amide bonds. The second-order valence-corrected chi connectivity index (χ2v) is 4.73. The van der Waals surface area contributed by atoms with E-state index in [1.807, 2.05) is 6.92 Å². The second-order valence-electron chi connectivity index (χ2n) is 4.73. The van der Waals surface area contributed by atoms with Gasteiger partial charge in [0, 0.05) is 31.0 Å². The SMILES string of the molecule is C[C@H]1CN(C(C)(C)C)CCC1=O. The lowest BCUT2D eigenvalue weighted by atomic mass is 9.94. The number of carbonyl (C=O) groups excluding carboxylic acids is 1. The van der Waals surface area contributed by atoms with E-state index >= 15 is 0 Å². The minimum absolute atomic E-state index is 0.217.